The molecule has 208 valence electrons. The summed E-state index contributed by atoms with van der Waals surface area (Å²) in [5, 5.41) is 11.7. The van der Waals surface area contributed by atoms with Crippen LogP contribution < -0.4 is 15.4 Å². The van der Waals surface area contributed by atoms with Crippen LogP contribution in [-0.4, -0.2) is 27.9 Å². The van der Waals surface area contributed by atoms with Crippen LogP contribution in [-0.2, 0) is 5.54 Å². The zero-order chi connectivity index (χ0) is 28.9. The highest BCUT2D eigenvalue weighted by molar-refractivity contribution is 5.92. The lowest BCUT2D eigenvalue weighted by molar-refractivity contribution is 0.249. The molecule has 0 aliphatic rings. The fraction of sp³-hybridized carbons (Fsp3) is 0.114. The van der Waals surface area contributed by atoms with E-state index in [4.69, 9.17) is 9.84 Å². The topological polar surface area (TPSA) is 81.1 Å². The number of amides is 2. The number of benzene rings is 4. The lowest BCUT2D eigenvalue weighted by Gasteiger charge is -2.36. The Bertz CT molecular complexity index is 1690. The Balaban J connectivity index is 1.52. The molecule has 0 bridgehead atoms. The summed E-state index contributed by atoms with van der Waals surface area (Å²) in [5.74, 6) is 0.838. The molecular formula is C35H31N5O2. The molecule has 2 heterocycles. The van der Waals surface area contributed by atoms with Crippen LogP contribution >= 0.6 is 0 Å². The van der Waals surface area contributed by atoms with Crippen LogP contribution in [0.1, 0.15) is 35.2 Å². The van der Waals surface area contributed by atoms with Crippen molar-refractivity contribution in [3.8, 4) is 5.88 Å². The number of rotatable bonds is 8. The normalized spacial score (nSPS) is 12.0. The first kappa shape index (κ1) is 26.8. The van der Waals surface area contributed by atoms with Gasteiger partial charge in [0.15, 0.2) is 0 Å². The number of hydrogen-bond acceptors (Lipinski definition) is 4. The molecule has 2 N–H and O–H groups in total. The van der Waals surface area contributed by atoms with Gasteiger partial charge in [-0.1, -0.05) is 121 Å². The van der Waals surface area contributed by atoms with Gasteiger partial charge in [-0.15, -0.1) is 5.10 Å². The van der Waals surface area contributed by atoms with E-state index in [1.165, 1.54) is 0 Å². The average molecular weight is 554 g/mol. The maximum atomic E-state index is 13.0. The number of ether oxygens (including phenoxy) is 1. The maximum absolute atomic E-state index is 13.0. The molecule has 7 heteroatoms. The summed E-state index contributed by atoms with van der Waals surface area (Å²) in [5.41, 5.74) is 3.98. The van der Waals surface area contributed by atoms with E-state index in [-0.39, 0.29) is 12.1 Å². The fourth-order valence-electron chi connectivity index (χ4n) is 5.54. The van der Waals surface area contributed by atoms with Crippen molar-refractivity contribution in [3.63, 3.8) is 0 Å². The van der Waals surface area contributed by atoms with Gasteiger partial charge in [-0.25, -0.2) is 14.5 Å². The van der Waals surface area contributed by atoms with E-state index in [1.807, 2.05) is 103 Å². The molecule has 0 aliphatic heterocycles. The van der Waals surface area contributed by atoms with E-state index in [0.717, 1.165) is 33.2 Å². The molecule has 0 saturated carbocycles. The number of nitrogens with zero attached hydrogens (tertiary/aromatic N) is 3. The summed E-state index contributed by atoms with van der Waals surface area (Å²) in [7, 11) is 1.60. The summed E-state index contributed by atoms with van der Waals surface area (Å²) < 4.78 is 7.75. The van der Waals surface area contributed by atoms with Crippen LogP contribution in [0.4, 0.5) is 10.6 Å². The van der Waals surface area contributed by atoms with Gasteiger partial charge in [0.1, 0.15) is 11.4 Å². The second-order valence-corrected chi connectivity index (χ2v) is 10.0. The lowest BCUT2D eigenvalue weighted by atomic mass is 9.77. The number of hydrogen-bond donors (Lipinski definition) is 2. The van der Waals surface area contributed by atoms with Crippen molar-refractivity contribution in [2.75, 3.05) is 12.4 Å². The molecule has 1 atom stereocenters. The predicted molar refractivity (Wildman–Crippen MR) is 166 cm³/mol. The van der Waals surface area contributed by atoms with Gasteiger partial charge in [0.2, 0.25) is 5.88 Å². The largest absolute Gasteiger partial charge is 0.479 e. The van der Waals surface area contributed by atoms with Crippen molar-refractivity contribution in [1.29, 1.82) is 0 Å². The minimum Gasteiger partial charge on any atom is -0.479 e. The SMILES string of the molecule is COc1nn(C(c2ccccc2)(c2ccccc2)c2ccccc2)c2cc(NC(=O)N[C@H](C)c3ccccc3)ncc12. The maximum Gasteiger partial charge on any atom is 0.320 e. The molecule has 0 spiro atoms. The zero-order valence-corrected chi connectivity index (χ0v) is 23.4. The van der Waals surface area contributed by atoms with Crippen LogP contribution in [0.25, 0.3) is 10.9 Å². The van der Waals surface area contributed by atoms with Crippen molar-refractivity contribution in [3.05, 3.63) is 156 Å². The molecule has 6 rings (SSSR count). The van der Waals surface area contributed by atoms with E-state index in [9.17, 15) is 4.79 Å². The third-order valence-electron chi connectivity index (χ3n) is 7.51. The number of urea groups is 1. The molecule has 4 aromatic carbocycles. The Morgan fingerprint density at radius 1 is 0.786 bits per heavy atom. The molecule has 7 nitrogen and oxygen atoms in total. The number of methoxy groups -OCH3 is 1. The van der Waals surface area contributed by atoms with Crippen molar-refractivity contribution < 1.29 is 9.53 Å². The molecule has 42 heavy (non-hydrogen) atoms. The molecule has 2 amide bonds. The van der Waals surface area contributed by atoms with Gasteiger partial charge in [-0.2, -0.15) is 0 Å². The highest BCUT2D eigenvalue weighted by atomic mass is 16.5. The molecule has 0 aliphatic carbocycles. The van der Waals surface area contributed by atoms with Crippen molar-refractivity contribution in [2.45, 2.75) is 18.5 Å². The van der Waals surface area contributed by atoms with Crippen molar-refractivity contribution >= 4 is 22.8 Å². The fourth-order valence-corrected chi connectivity index (χ4v) is 5.54. The molecule has 6 aromatic rings. The predicted octanol–water partition coefficient (Wildman–Crippen LogP) is 7.16. The Morgan fingerprint density at radius 3 is 1.79 bits per heavy atom. The second kappa shape index (κ2) is 11.6. The standard InChI is InChI=1S/C35H31N5O2/c1-25(26-15-7-3-8-16-26)37-34(41)38-32-23-31-30(24-36-32)33(42-2)39-40(31)35(27-17-9-4-10-18-27,28-19-11-5-12-20-28)29-21-13-6-14-22-29/h3-25H,1-2H3,(H2,36,37,38,41)/t25-/m1/s1. The molecule has 0 radical (unpaired) electrons. The van der Waals surface area contributed by atoms with Gasteiger partial charge in [0, 0.05) is 12.3 Å². The van der Waals surface area contributed by atoms with Gasteiger partial charge in [-0.3, -0.25) is 5.32 Å². The molecule has 0 saturated heterocycles. The van der Waals surface area contributed by atoms with Crippen molar-refractivity contribution in [1.82, 2.24) is 20.1 Å². The van der Waals surface area contributed by atoms with E-state index >= 15 is 0 Å². The van der Waals surface area contributed by atoms with Crippen LogP contribution in [0.3, 0.4) is 0 Å². The highest BCUT2D eigenvalue weighted by Crippen LogP contribution is 2.43. The van der Waals surface area contributed by atoms with E-state index in [1.54, 1.807) is 13.3 Å². The van der Waals surface area contributed by atoms with Crippen LogP contribution in [0, 0.1) is 0 Å². The summed E-state index contributed by atoms with van der Waals surface area (Å²) in [6.07, 6.45) is 1.69. The minimum absolute atomic E-state index is 0.178. The molecule has 2 aromatic heterocycles. The van der Waals surface area contributed by atoms with Crippen molar-refractivity contribution in [2.24, 2.45) is 0 Å². The lowest BCUT2D eigenvalue weighted by Crippen LogP contribution is -2.38. The Hall–Kier alpha value is -5.43. The highest BCUT2D eigenvalue weighted by Gasteiger charge is 2.41. The van der Waals surface area contributed by atoms with Gasteiger partial charge in [0.05, 0.1) is 24.1 Å². The van der Waals surface area contributed by atoms with Gasteiger partial charge in [-0.05, 0) is 29.2 Å². The average Bonchev–Trinajstić information content (AvgIpc) is 3.41. The number of fused-ring (bicyclic) bond motifs is 1. The minimum atomic E-state index is -0.860. The van der Waals surface area contributed by atoms with Gasteiger partial charge in [0.25, 0.3) is 0 Å². The third kappa shape index (κ3) is 4.86. The number of aromatic nitrogens is 3. The summed E-state index contributed by atoms with van der Waals surface area (Å²) in [6, 6.07) is 42.0. The van der Waals surface area contributed by atoms with Crippen LogP contribution in [0.2, 0.25) is 0 Å². The molecule has 0 unspecified atom stereocenters. The Labute approximate surface area is 244 Å². The van der Waals surface area contributed by atoms with E-state index in [2.05, 4.69) is 52.0 Å². The summed E-state index contributed by atoms with van der Waals surface area (Å²) in [6.45, 7) is 1.94. The Kier molecular flexibility index (Phi) is 7.39. The Morgan fingerprint density at radius 2 is 1.29 bits per heavy atom. The molecule has 0 fully saturated rings. The first-order valence-electron chi connectivity index (χ1n) is 13.8. The van der Waals surface area contributed by atoms with Crippen LogP contribution in [0.15, 0.2) is 134 Å². The second-order valence-electron chi connectivity index (χ2n) is 10.0. The third-order valence-corrected chi connectivity index (χ3v) is 7.51. The number of carbonyl (C=O) groups excluding carboxylic acids is 1. The first-order chi connectivity index (χ1) is 20.6. The van der Waals surface area contributed by atoms with Gasteiger partial charge < -0.3 is 10.1 Å². The number of nitrogens with one attached hydrogen (secondary N) is 2. The quantitative estimate of drug-likeness (QED) is 0.196. The zero-order valence-electron chi connectivity index (χ0n) is 23.4. The smallest absolute Gasteiger partial charge is 0.320 e. The number of carbonyl (C=O) groups is 1. The number of anilines is 1. The first-order valence-corrected chi connectivity index (χ1v) is 13.8. The van der Waals surface area contributed by atoms with E-state index < -0.39 is 5.54 Å². The monoisotopic (exact) mass is 553 g/mol. The van der Waals surface area contributed by atoms with Crippen LogP contribution in [0.5, 0.6) is 5.88 Å². The summed E-state index contributed by atoms with van der Waals surface area (Å²) in [4.78, 5) is 17.6. The van der Waals surface area contributed by atoms with E-state index in [0.29, 0.717) is 11.7 Å². The number of pyridine rings is 1. The molecular weight excluding hydrogens is 522 g/mol. The van der Waals surface area contributed by atoms with Gasteiger partial charge >= 0.3 is 6.03 Å². The summed E-state index contributed by atoms with van der Waals surface area (Å²) >= 11 is 0.